The Morgan fingerprint density at radius 2 is 1.90 bits per heavy atom. The largest absolute Gasteiger partial charge is 0.336 e. The van der Waals surface area contributed by atoms with E-state index in [1.807, 2.05) is 13.0 Å². The van der Waals surface area contributed by atoms with E-state index >= 15 is 0 Å². The van der Waals surface area contributed by atoms with E-state index in [4.69, 9.17) is 0 Å². The highest BCUT2D eigenvalue weighted by molar-refractivity contribution is 5.74. The van der Waals surface area contributed by atoms with Gasteiger partial charge in [-0.15, -0.1) is 0 Å². The van der Waals surface area contributed by atoms with Gasteiger partial charge in [0.25, 0.3) is 0 Å². The maximum atomic E-state index is 11.9. The molecule has 1 aromatic rings. The Labute approximate surface area is 127 Å². The highest BCUT2D eigenvalue weighted by Crippen LogP contribution is 2.24. The van der Waals surface area contributed by atoms with Crippen molar-refractivity contribution in [2.45, 2.75) is 45.2 Å². The number of nitrogens with zero attached hydrogens (tertiary/aromatic N) is 1. The van der Waals surface area contributed by atoms with Crippen LogP contribution in [0.3, 0.4) is 0 Å². The summed E-state index contributed by atoms with van der Waals surface area (Å²) in [5, 5.41) is 5.99. The summed E-state index contributed by atoms with van der Waals surface area (Å²) >= 11 is 0. The highest BCUT2D eigenvalue weighted by Gasteiger charge is 2.23. The number of nitrogens with one attached hydrogen (secondary N) is 2. The van der Waals surface area contributed by atoms with E-state index in [1.165, 1.54) is 18.4 Å². The van der Waals surface area contributed by atoms with Gasteiger partial charge in [-0.3, -0.25) is 4.90 Å². The maximum absolute atomic E-state index is 11.9. The highest BCUT2D eigenvalue weighted by atomic mass is 16.2. The summed E-state index contributed by atoms with van der Waals surface area (Å²) in [7, 11) is 0. The van der Waals surface area contributed by atoms with Crippen LogP contribution >= 0.6 is 0 Å². The fourth-order valence-corrected chi connectivity index (χ4v) is 2.75. The fraction of sp³-hybridized carbons (Fsp3) is 0.588. The zero-order valence-corrected chi connectivity index (χ0v) is 13.1. The van der Waals surface area contributed by atoms with Gasteiger partial charge in [-0.25, -0.2) is 4.79 Å². The first-order valence-corrected chi connectivity index (χ1v) is 8.04. The topological polar surface area (TPSA) is 44.4 Å². The van der Waals surface area contributed by atoms with Crippen molar-refractivity contribution in [2.24, 2.45) is 0 Å². The van der Waals surface area contributed by atoms with Crippen molar-refractivity contribution in [3.8, 4) is 0 Å². The first-order valence-electron chi connectivity index (χ1n) is 8.04. The third-order valence-corrected chi connectivity index (χ3v) is 4.21. The molecule has 2 atom stereocenters. The van der Waals surface area contributed by atoms with Crippen LogP contribution in [0.15, 0.2) is 30.3 Å². The van der Waals surface area contributed by atoms with E-state index < -0.39 is 0 Å². The first-order chi connectivity index (χ1) is 10.2. The second kappa shape index (κ2) is 8.03. The van der Waals surface area contributed by atoms with Gasteiger partial charge in [0.05, 0.1) is 6.04 Å². The zero-order chi connectivity index (χ0) is 15.1. The molecule has 2 rings (SSSR count). The molecule has 1 saturated heterocycles. The molecular weight excluding hydrogens is 262 g/mol. The second-order valence-corrected chi connectivity index (χ2v) is 5.83. The number of hydrogen-bond donors (Lipinski definition) is 2. The lowest BCUT2D eigenvalue weighted by atomic mass is 10.1. The van der Waals surface area contributed by atoms with Crippen LogP contribution in [-0.4, -0.2) is 36.6 Å². The van der Waals surface area contributed by atoms with Crippen molar-refractivity contribution < 1.29 is 4.79 Å². The smallest absolute Gasteiger partial charge is 0.315 e. The Morgan fingerprint density at radius 3 is 2.52 bits per heavy atom. The fourth-order valence-electron chi connectivity index (χ4n) is 2.75. The van der Waals surface area contributed by atoms with Crippen LogP contribution in [-0.2, 0) is 0 Å². The van der Waals surface area contributed by atoms with Gasteiger partial charge in [0.2, 0.25) is 0 Å². The number of benzene rings is 1. The summed E-state index contributed by atoms with van der Waals surface area (Å²) < 4.78 is 0. The SMILES string of the molecule is CCC(C)NC(=O)NCC(c1ccccc1)N1CCCC1. The minimum absolute atomic E-state index is 0.0653. The molecule has 0 saturated carbocycles. The molecule has 0 spiro atoms. The summed E-state index contributed by atoms with van der Waals surface area (Å²) in [5.41, 5.74) is 1.28. The Balaban J connectivity index is 1.95. The average Bonchev–Trinajstić information content (AvgIpc) is 3.02. The van der Waals surface area contributed by atoms with Gasteiger partial charge in [0, 0.05) is 12.6 Å². The van der Waals surface area contributed by atoms with Gasteiger partial charge < -0.3 is 10.6 Å². The predicted octanol–water partition coefficient (Wildman–Crippen LogP) is 2.92. The molecule has 116 valence electrons. The molecule has 0 radical (unpaired) electrons. The van der Waals surface area contributed by atoms with Gasteiger partial charge in [0.15, 0.2) is 0 Å². The average molecular weight is 289 g/mol. The quantitative estimate of drug-likeness (QED) is 0.845. The third kappa shape index (κ3) is 4.74. The summed E-state index contributed by atoms with van der Waals surface area (Å²) in [6, 6.07) is 10.9. The maximum Gasteiger partial charge on any atom is 0.315 e. The number of hydrogen-bond acceptors (Lipinski definition) is 2. The Bertz CT molecular complexity index is 429. The molecule has 4 nitrogen and oxygen atoms in total. The normalized spacial score (nSPS) is 18.2. The van der Waals surface area contributed by atoms with E-state index in [0.717, 1.165) is 19.5 Å². The molecule has 2 N–H and O–H groups in total. The molecule has 4 heteroatoms. The Kier molecular flexibility index (Phi) is 6.05. The summed E-state index contributed by atoms with van der Waals surface area (Å²) in [6.07, 6.45) is 3.45. The van der Waals surface area contributed by atoms with E-state index in [9.17, 15) is 4.79 Å². The Morgan fingerprint density at radius 1 is 1.24 bits per heavy atom. The molecule has 21 heavy (non-hydrogen) atoms. The van der Waals surface area contributed by atoms with Crippen molar-refractivity contribution >= 4 is 6.03 Å². The number of amides is 2. The van der Waals surface area contributed by atoms with E-state index in [1.54, 1.807) is 0 Å². The summed E-state index contributed by atoms with van der Waals surface area (Å²) in [5.74, 6) is 0. The zero-order valence-electron chi connectivity index (χ0n) is 13.1. The lowest BCUT2D eigenvalue weighted by molar-refractivity contribution is 0.218. The molecule has 2 amide bonds. The molecular formula is C17H27N3O. The monoisotopic (exact) mass is 289 g/mol. The summed E-state index contributed by atoms with van der Waals surface area (Å²) in [4.78, 5) is 14.4. The van der Waals surface area contributed by atoms with Crippen molar-refractivity contribution in [1.29, 1.82) is 0 Å². The standard InChI is InChI=1S/C17H27N3O/c1-3-14(2)19-17(21)18-13-16(20-11-7-8-12-20)15-9-5-4-6-10-15/h4-6,9-10,14,16H,3,7-8,11-13H2,1-2H3,(H2,18,19,21). The van der Waals surface area contributed by atoms with Crippen molar-refractivity contribution in [3.05, 3.63) is 35.9 Å². The van der Waals surface area contributed by atoms with Crippen LogP contribution in [0.5, 0.6) is 0 Å². The van der Waals surface area contributed by atoms with E-state index in [0.29, 0.717) is 6.54 Å². The minimum Gasteiger partial charge on any atom is -0.336 e. The van der Waals surface area contributed by atoms with Crippen LogP contribution in [0.1, 0.15) is 44.7 Å². The molecule has 0 aliphatic carbocycles. The van der Waals surface area contributed by atoms with Gasteiger partial charge in [-0.2, -0.15) is 0 Å². The van der Waals surface area contributed by atoms with Crippen LogP contribution in [0.25, 0.3) is 0 Å². The molecule has 1 aliphatic rings. The molecule has 1 aliphatic heterocycles. The lowest BCUT2D eigenvalue weighted by Gasteiger charge is -2.28. The lowest BCUT2D eigenvalue weighted by Crippen LogP contribution is -2.44. The van der Waals surface area contributed by atoms with E-state index in [-0.39, 0.29) is 18.1 Å². The number of carbonyl (C=O) groups excluding carboxylic acids is 1. The third-order valence-electron chi connectivity index (χ3n) is 4.21. The molecule has 1 fully saturated rings. The molecule has 0 bridgehead atoms. The summed E-state index contributed by atoms with van der Waals surface area (Å²) in [6.45, 7) is 6.99. The molecule has 0 aromatic heterocycles. The molecule has 2 unspecified atom stereocenters. The van der Waals surface area contributed by atoms with Crippen LogP contribution in [0.4, 0.5) is 4.79 Å². The van der Waals surface area contributed by atoms with Gasteiger partial charge >= 0.3 is 6.03 Å². The molecule has 1 heterocycles. The van der Waals surface area contributed by atoms with Gasteiger partial charge in [-0.1, -0.05) is 37.3 Å². The van der Waals surface area contributed by atoms with E-state index in [2.05, 4.69) is 46.7 Å². The van der Waals surface area contributed by atoms with Gasteiger partial charge in [0.1, 0.15) is 0 Å². The number of carbonyl (C=O) groups is 1. The number of rotatable bonds is 6. The van der Waals surface area contributed by atoms with Crippen molar-refractivity contribution in [3.63, 3.8) is 0 Å². The van der Waals surface area contributed by atoms with Crippen molar-refractivity contribution in [2.75, 3.05) is 19.6 Å². The van der Waals surface area contributed by atoms with Crippen LogP contribution < -0.4 is 10.6 Å². The van der Waals surface area contributed by atoms with Crippen LogP contribution in [0, 0.1) is 0 Å². The minimum atomic E-state index is -0.0653. The molecule has 1 aromatic carbocycles. The number of likely N-dealkylation sites (tertiary alicyclic amines) is 1. The number of urea groups is 1. The Hall–Kier alpha value is -1.55. The first kappa shape index (κ1) is 15.8. The second-order valence-electron chi connectivity index (χ2n) is 5.83. The van der Waals surface area contributed by atoms with Crippen molar-refractivity contribution in [1.82, 2.24) is 15.5 Å². The van der Waals surface area contributed by atoms with Crippen LogP contribution in [0.2, 0.25) is 0 Å². The van der Waals surface area contributed by atoms with Gasteiger partial charge in [-0.05, 0) is 44.8 Å². The predicted molar refractivity (Wildman–Crippen MR) is 86.3 cm³/mol.